The van der Waals surface area contributed by atoms with Crippen molar-refractivity contribution in [3.8, 4) is 0 Å². The lowest BCUT2D eigenvalue weighted by Crippen LogP contribution is -2.53. The van der Waals surface area contributed by atoms with Gasteiger partial charge in [0.2, 0.25) is 5.91 Å². The first kappa shape index (κ1) is 14.8. The molecule has 1 fully saturated rings. The summed E-state index contributed by atoms with van der Waals surface area (Å²) in [6.07, 6.45) is 5.28. The average Bonchev–Trinajstić information content (AvgIpc) is 2.44. The molecule has 1 aliphatic carbocycles. The van der Waals surface area contributed by atoms with Crippen LogP contribution in [0, 0.1) is 5.41 Å². The van der Waals surface area contributed by atoms with Crippen LogP contribution in [0.5, 0.6) is 0 Å². The largest absolute Gasteiger partial charge is 0.409 e. The third kappa shape index (κ3) is 2.60. The van der Waals surface area contributed by atoms with Crippen LogP contribution in [0.4, 0.5) is 0 Å². The Labute approximate surface area is 109 Å². The second kappa shape index (κ2) is 6.07. The molecule has 1 saturated carbocycles. The standard InChI is InChI=1S/C13H25N3O2/c1-4-10(2)16(3)12(17)13(11(14)15-18)8-6-5-7-9-13/h10,18H,4-9H2,1-3H3,(H2,14,15). The molecule has 1 unspecified atom stereocenters. The van der Waals surface area contributed by atoms with E-state index in [0.29, 0.717) is 12.8 Å². The minimum absolute atomic E-state index is 0.00755. The van der Waals surface area contributed by atoms with Gasteiger partial charge in [-0.25, -0.2) is 0 Å². The first-order valence-electron chi connectivity index (χ1n) is 6.75. The summed E-state index contributed by atoms with van der Waals surface area (Å²) in [5.41, 5.74) is 5.03. The fraction of sp³-hybridized carbons (Fsp3) is 0.846. The van der Waals surface area contributed by atoms with Crippen LogP contribution in [-0.4, -0.2) is 34.9 Å². The maximum absolute atomic E-state index is 12.7. The van der Waals surface area contributed by atoms with E-state index < -0.39 is 5.41 Å². The van der Waals surface area contributed by atoms with Crippen LogP contribution >= 0.6 is 0 Å². The maximum Gasteiger partial charge on any atom is 0.236 e. The fourth-order valence-electron chi connectivity index (χ4n) is 2.64. The molecule has 0 spiro atoms. The van der Waals surface area contributed by atoms with E-state index in [1.54, 1.807) is 11.9 Å². The zero-order valence-electron chi connectivity index (χ0n) is 11.6. The monoisotopic (exact) mass is 255 g/mol. The molecule has 0 radical (unpaired) electrons. The Morgan fingerprint density at radius 3 is 2.44 bits per heavy atom. The maximum atomic E-state index is 12.7. The van der Waals surface area contributed by atoms with Crippen molar-refractivity contribution in [1.29, 1.82) is 0 Å². The molecule has 0 bridgehead atoms. The summed E-state index contributed by atoms with van der Waals surface area (Å²) in [5.74, 6) is 0.0641. The highest BCUT2D eigenvalue weighted by molar-refractivity contribution is 6.06. The van der Waals surface area contributed by atoms with E-state index in [0.717, 1.165) is 25.7 Å². The molecule has 1 aliphatic rings. The lowest BCUT2D eigenvalue weighted by atomic mass is 9.72. The molecule has 1 amide bonds. The minimum Gasteiger partial charge on any atom is -0.409 e. The van der Waals surface area contributed by atoms with E-state index in [9.17, 15) is 4.79 Å². The van der Waals surface area contributed by atoms with Crippen molar-refractivity contribution in [2.45, 2.75) is 58.4 Å². The Morgan fingerprint density at radius 1 is 1.44 bits per heavy atom. The Bertz CT molecular complexity index is 322. The van der Waals surface area contributed by atoms with E-state index >= 15 is 0 Å². The first-order valence-corrected chi connectivity index (χ1v) is 6.75. The minimum atomic E-state index is -0.787. The van der Waals surface area contributed by atoms with Crippen LogP contribution in [0.3, 0.4) is 0 Å². The lowest BCUT2D eigenvalue weighted by Gasteiger charge is -2.39. The molecule has 5 heteroatoms. The van der Waals surface area contributed by atoms with Crippen molar-refractivity contribution in [1.82, 2.24) is 4.90 Å². The van der Waals surface area contributed by atoms with Gasteiger partial charge in [0.1, 0.15) is 5.41 Å². The van der Waals surface area contributed by atoms with Crippen molar-refractivity contribution >= 4 is 11.7 Å². The van der Waals surface area contributed by atoms with Crippen LogP contribution in [0.2, 0.25) is 0 Å². The number of hydrogen-bond donors (Lipinski definition) is 2. The Morgan fingerprint density at radius 2 is 2.00 bits per heavy atom. The Hall–Kier alpha value is -1.26. The van der Waals surface area contributed by atoms with Crippen LogP contribution in [0.25, 0.3) is 0 Å². The molecule has 18 heavy (non-hydrogen) atoms. The smallest absolute Gasteiger partial charge is 0.236 e. The normalized spacial score (nSPS) is 21.4. The van der Waals surface area contributed by atoms with Gasteiger partial charge in [-0.1, -0.05) is 31.3 Å². The fourth-order valence-corrected chi connectivity index (χ4v) is 2.64. The summed E-state index contributed by atoms with van der Waals surface area (Å²) in [6.45, 7) is 4.06. The highest BCUT2D eigenvalue weighted by Gasteiger charge is 2.45. The molecule has 3 N–H and O–H groups in total. The number of oxime groups is 1. The zero-order valence-corrected chi connectivity index (χ0v) is 11.6. The molecule has 0 saturated heterocycles. The molecule has 0 aliphatic heterocycles. The number of amides is 1. The van der Waals surface area contributed by atoms with Gasteiger partial charge >= 0.3 is 0 Å². The summed E-state index contributed by atoms with van der Waals surface area (Å²) >= 11 is 0. The van der Waals surface area contributed by atoms with Gasteiger partial charge in [0.15, 0.2) is 5.84 Å². The van der Waals surface area contributed by atoms with E-state index in [-0.39, 0.29) is 17.8 Å². The summed E-state index contributed by atoms with van der Waals surface area (Å²) < 4.78 is 0. The zero-order chi connectivity index (χ0) is 13.8. The van der Waals surface area contributed by atoms with E-state index in [1.165, 1.54) is 0 Å². The van der Waals surface area contributed by atoms with Gasteiger partial charge in [0, 0.05) is 13.1 Å². The quantitative estimate of drug-likeness (QED) is 0.349. The van der Waals surface area contributed by atoms with Gasteiger partial charge in [0.05, 0.1) is 0 Å². The van der Waals surface area contributed by atoms with Crippen molar-refractivity contribution in [3.05, 3.63) is 0 Å². The van der Waals surface area contributed by atoms with Crippen LogP contribution in [0.15, 0.2) is 5.16 Å². The number of nitrogens with two attached hydrogens (primary N) is 1. The molecular weight excluding hydrogens is 230 g/mol. The molecule has 104 valence electrons. The van der Waals surface area contributed by atoms with E-state index in [2.05, 4.69) is 5.16 Å². The van der Waals surface area contributed by atoms with Crippen molar-refractivity contribution in [3.63, 3.8) is 0 Å². The highest BCUT2D eigenvalue weighted by atomic mass is 16.4. The second-order valence-corrected chi connectivity index (χ2v) is 5.30. The summed E-state index contributed by atoms with van der Waals surface area (Å²) in [7, 11) is 1.80. The molecule has 1 atom stereocenters. The van der Waals surface area contributed by atoms with E-state index in [1.807, 2.05) is 13.8 Å². The number of rotatable bonds is 4. The van der Waals surface area contributed by atoms with E-state index in [4.69, 9.17) is 10.9 Å². The van der Waals surface area contributed by atoms with Gasteiger partial charge in [-0.05, 0) is 26.2 Å². The SMILES string of the molecule is CCC(C)N(C)C(=O)C1(C(N)=NO)CCCCC1. The Kier molecular flexibility index (Phi) is 4.99. The lowest BCUT2D eigenvalue weighted by molar-refractivity contribution is -0.140. The molecule has 0 aromatic carbocycles. The van der Waals surface area contributed by atoms with Gasteiger partial charge in [-0.2, -0.15) is 0 Å². The number of hydrogen-bond acceptors (Lipinski definition) is 3. The predicted octanol–water partition coefficient (Wildman–Crippen LogP) is 1.94. The molecule has 5 nitrogen and oxygen atoms in total. The van der Waals surface area contributed by atoms with Crippen molar-refractivity contribution in [2.75, 3.05) is 7.05 Å². The highest BCUT2D eigenvalue weighted by Crippen LogP contribution is 2.38. The van der Waals surface area contributed by atoms with Crippen molar-refractivity contribution in [2.24, 2.45) is 16.3 Å². The Balaban J connectivity index is 3.00. The molecular formula is C13H25N3O2. The predicted molar refractivity (Wildman–Crippen MR) is 71.4 cm³/mol. The third-order valence-corrected chi connectivity index (χ3v) is 4.29. The summed E-state index contributed by atoms with van der Waals surface area (Å²) in [4.78, 5) is 14.4. The number of carbonyl (C=O) groups is 1. The second-order valence-electron chi connectivity index (χ2n) is 5.30. The number of amidine groups is 1. The summed E-state index contributed by atoms with van der Waals surface area (Å²) in [5, 5.41) is 12.1. The van der Waals surface area contributed by atoms with Crippen molar-refractivity contribution < 1.29 is 10.0 Å². The van der Waals surface area contributed by atoms with Gasteiger partial charge in [-0.3, -0.25) is 4.79 Å². The molecule has 0 heterocycles. The summed E-state index contributed by atoms with van der Waals surface area (Å²) in [6, 6.07) is 0.169. The number of nitrogens with zero attached hydrogens (tertiary/aromatic N) is 2. The first-order chi connectivity index (χ1) is 8.49. The third-order valence-electron chi connectivity index (χ3n) is 4.29. The van der Waals surface area contributed by atoms with Crippen LogP contribution in [-0.2, 0) is 4.79 Å². The molecule has 1 rings (SSSR count). The topological polar surface area (TPSA) is 78.9 Å². The van der Waals surface area contributed by atoms with Gasteiger partial charge < -0.3 is 15.8 Å². The molecule has 0 aromatic heterocycles. The van der Waals surface area contributed by atoms with Gasteiger partial charge in [-0.15, -0.1) is 0 Å². The van der Waals surface area contributed by atoms with Crippen LogP contribution in [0.1, 0.15) is 52.4 Å². The molecule has 0 aromatic rings. The number of carbonyl (C=O) groups excluding carboxylic acids is 1. The van der Waals surface area contributed by atoms with Gasteiger partial charge in [0.25, 0.3) is 0 Å². The average molecular weight is 255 g/mol. The van der Waals surface area contributed by atoms with Crippen LogP contribution < -0.4 is 5.73 Å².